The maximum Gasteiger partial charge on any atom is 0.321 e. The Morgan fingerprint density at radius 2 is 2.04 bits per heavy atom. The molecular formula is C19H27N3O4. The lowest BCUT2D eigenvalue weighted by molar-refractivity contribution is -0.132. The summed E-state index contributed by atoms with van der Waals surface area (Å²) >= 11 is 0. The van der Waals surface area contributed by atoms with Gasteiger partial charge in [-0.15, -0.1) is 0 Å². The van der Waals surface area contributed by atoms with Crippen molar-refractivity contribution in [1.29, 1.82) is 0 Å². The highest BCUT2D eigenvalue weighted by Crippen LogP contribution is 2.19. The second-order valence-electron chi connectivity index (χ2n) is 6.96. The normalized spacial score (nSPS) is 20.6. The molecule has 0 aromatic heterocycles. The van der Waals surface area contributed by atoms with Gasteiger partial charge < -0.3 is 24.6 Å². The third-order valence-electron chi connectivity index (χ3n) is 4.63. The van der Waals surface area contributed by atoms with E-state index in [-0.39, 0.29) is 18.5 Å². The first-order valence-corrected chi connectivity index (χ1v) is 9.26. The maximum atomic E-state index is 12.5. The molecule has 2 aliphatic heterocycles. The molecule has 0 aliphatic carbocycles. The monoisotopic (exact) mass is 361 g/mol. The van der Waals surface area contributed by atoms with Gasteiger partial charge in [0.1, 0.15) is 5.75 Å². The van der Waals surface area contributed by atoms with E-state index >= 15 is 0 Å². The number of hydrogen-bond acceptors (Lipinski definition) is 4. The SMILES string of the molecule is CC1COCCN(C(=O)Nc2cccc(OCC(=O)N3CCCC3)c2)C1. The summed E-state index contributed by atoms with van der Waals surface area (Å²) in [7, 11) is 0. The van der Waals surface area contributed by atoms with E-state index < -0.39 is 0 Å². The summed E-state index contributed by atoms with van der Waals surface area (Å²) in [5.41, 5.74) is 0.652. The minimum absolute atomic E-state index is 0.00972. The first-order chi connectivity index (χ1) is 12.6. The van der Waals surface area contributed by atoms with Crippen LogP contribution in [0.2, 0.25) is 0 Å². The summed E-state index contributed by atoms with van der Waals surface area (Å²) in [6.07, 6.45) is 2.13. The molecule has 3 rings (SSSR count). The van der Waals surface area contributed by atoms with Crippen LogP contribution in [0.3, 0.4) is 0 Å². The van der Waals surface area contributed by atoms with Gasteiger partial charge in [-0.05, 0) is 30.9 Å². The molecule has 2 heterocycles. The Balaban J connectivity index is 1.53. The second-order valence-corrected chi connectivity index (χ2v) is 6.96. The van der Waals surface area contributed by atoms with Crippen LogP contribution in [-0.4, -0.2) is 67.7 Å². The smallest absolute Gasteiger partial charge is 0.321 e. The number of carbonyl (C=O) groups is 2. The van der Waals surface area contributed by atoms with Gasteiger partial charge in [0.2, 0.25) is 0 Å². The lowest BCUT2D eigenvalue weighted by Gasteiger charge is -2.22. The van der Waals surface area contributed by atoms with Crippen molar-refractivity contribution in [2.24, 2.45) is 5.92 Å². The van der Waals surface area contributed by atoms with E-state index in [1.54, 1.807) is 23.1 Å². The van der Waals surface area contributed by atoms with E-state index in [0.717, 1.165) is 25.9 Å². The standard InChI is InChI=1S/C19H27N3O4/c1-15-12-22(9-10-25-13-15)19(24)20-16-5-4-6-17(11-16)26-14-18(23)21-7-2-3-8-21/h4-6,11,15H,2-3,7-10,12-14H2,1H3,(H,20,24). The molecule has 2 saturated heterocycles. The number of ether oxygens (including phenoxy) is 2. The lowest BCUT2D eigenvalue weighted by Crippen LogP contribution is -2.38. The summed E-state index contributed by atoms with van der Waals surface area (Å²) in [6, 6.07) is 7.00. The van der Waals surface area contributed by atoms with E-state index in [1.807, 2.05) is 11.0 Å². The molecular weight excluding hydrogens is 334 g/mol. The Kier molecular flexibility index (Phi) is 6.33. The molecule has 0 bridgehead atoms. The van der Waals surface area contributed by atoms with Crippen molar-refractivity contribution in [3.05, 3.63) is 24.3 Å². The Morgan fingerprint density at radius 3 is 2.85 bits per heavy atom. The van der Waals surface area contributed by atoms with E-state index in [4.69, 9.17) is 9.47 Å². The Labute approximate surface area is 154 Å². The Hall–Kier alpha value is -2.28. The first-order valence-electron chi connectivity index (χ1n) is 9.26. The molecule has 0 radical (unpaired) electrons. The average Bonchev–Trinajstić information content (AvgIpc) is 3.08. The van der Waals surface area contributed by atoms with Gasteiger partial charge in [0.15, 0.2) is 6.61 Å². The molecule has 0 saturated carbocycles. The van der Waals surface area contributed by atoms with E-state index in [9.17, 15) is 9.59 Å². The number of nitrogens with zero attached hydrogens (tertiary/aromatic N) is 2. The number of likely N-dealkylation sites (tertiary alicyclic amines) is 1. The van der Waals surface area contributed by atoms with E-state index in [1.165, 1.54) is 0 Å². The predicted molar refractivity (Wildman–Crippen MR) is 98.3 cm³/mol. The van der Waals surface area contributed by atoms with Crippen molar-refractivity contribution >= 4 is 17.6 Å². The topological polar surface area (TPSA) is 71.1 Å². The number of carbonyl (C=O) groups excluding carboxylic acids is 2. The number of rotatable bonds is 4. The second kappa shape index (κ2) is 8.89. The summed E-state index contributed by atoms with van der Waals surface area (Å²) in [6.45, 7) is 6.21. The highest BCUT2D eigenvalue weighted by atomic mass is 16.5. The largest absolute Gasteiger partial charge is 0.484 e. The number of anilines is 1. The van der Waals surface area contributed by atoms with Crippen molar-refractivity contribution in [2.45, 2.75) is 19.8 Å². The number of amides is 3. The average molecular weight is 361 g/mol. The van der Waals surface area contributed by atoms with Gasteiger partial charge in [0.05, 0.1) is 13.2 Å². The molecule has 1 unspecified atom stereocenters. The van der Waals surface area contributed by atoms with Crippen LogP contribution in [0.5, 0.6) is 5.75 Å². The van der Waals surface area contributed by atoms with Gasteiger partial charge in [-0.2, -0.15) is 0 Å². The van der Waals surface area contributed by atoms with Gasteiger partial charge in [-0.1, -0.05) is 13.0 Å². The fraction of sp³-hybridized carbons (Fsp3) is 0.579. The van der Waals surface area contributed by atoms with Crippen LogP contribution in [0.1, 0.15) is 19.8 Å². The van der Waals surface area contributed by atoms with Crippen molar-refractivity contribution in [1.82, 2.24) is 9.80 Å². The van der Waals surface area contributed by atoms with Crippen LogP contribution in [0.15, 0.2) is 24.3 Å². The molecule has 7 heteroatoms. The number of urea groups is 1. The third kappa shape index (κ3) is 5.11. The van der Waals surface area contributed by atoms with Gasteiger partial charge in [0.25, 0.3) is 5.91 Å². The molecule has 26 heavy (non-hydrogen) atoms. The van der Waals surface area contributed by atoms with Crippen LogP contribution >= 0.6 is 0 Å². The summed E-state index contributed by atoms with van der Waals surface area (Å²) in [4.78, 5) is 28.1. The molecule has 1 atom stereocenters. The van der Waals surface area contributed by atoms with Crippen molar-refractivity contribution < 1.29 is 19.1 Å². The minimum Gasteiger partial charge on any atom is -0.484 e. The molecule has 1 aromatic carbocycles. The van der Waals surface area contributed by atoms with Gasteiger partial charge in [0, 0.05) is 37.9 Å². The summed E-state index contributed by atoms with van der Waals surface area (Å²) in [5, 5.41) is 2.90. The van der Waals surface area contributed by atoms with Crippen molar-refractivity contribution in [3.63, 3.8) is 0 Å². The van der Waals surface area contributed by atoms with Crippen molar-refractivity contribution in [3.8, 4) is 5.75 Å². The molecule has 142 valence electrons. The van der Waals surface area contributed by atoms with E-state index in [2.05, 4.69) is 12.2 Å². The quantitative estimate of drug-likeness (QED) is 0.892. The molecule has 7 nitrogen and oxygen atoms in total. The van der Waals surface area contributed by atoms with Gasteiger partial charge >= 0.3 is 6.03 Å². The van der Waals surface area contributed by atoms with Crippen molar-refractivity contribution in [2.75, 3.05) is 51.3 Å². The highest BCUT2D eigenvalue weighted by Gasteiger charge is 2.20. The predicted octanol–water partition coefficient (Wildman–Crippen LogP) is 2.19. The molecule has 0 spiro atoms. The fourth-order valence-corrected chi connectivity index (χ4v) is 3.23. The number of hydrogen-bond donors (Lipinski definition) is 1. The number of nitrogens with one attached hydrogen (secondary N) is 1. The fourth-order valence-electron chi connectivity index (χ4n) is 3.23. The van der Waals surface area contributed by atoms with Crippen LogP contribution in [0.4, 0.5) is 10.5 Å². The Bertz CT molecular complexity index is 631. The lowest BCUT2D eigenvalue weighted by atomic mass is 10.2. The van der Waals surface area contributed by atoms with Crippen LogP contribution in [0, 0.1) is 5.92 Å². The molecule has 1 aromatic rings. The van der Waals surface area contributed by atoms with Gasteiger partial charge in [-0.3, -0.25) is 4.79 Å². The summed E-state index contributed by atoms with van der Waals surface area (Å²) in [5.74, 6) is 0.896. The van der Waals surface area contributed by atoms with Gasteiger partial charge in [-0.25, -0.2) is 4.79 Å². The molecule has 3 amide bonds. The highest BCUT2D eigenvalue weighted by molar-refractivity contribution is 5.89. The maximum absolute atomic E-state index is 12.5. The van der Waals surface area contributed by atoms with Crippen LogP contribution in [-0.2, 0) is 9.53 Å². The number of benzene rings is 1. The minimum atomic E-state index is -0.146. The molecule has 2 aliphatic rings. The molecule has 1 N–H and O–H groups in total. The van der Waals surface area contributed by atoms with Crippen LogP contribution < -0.4 is 10.1 Å². The third-order valence-corrected chi connectivity index (χ3v) is 4.63. The zero-order chi connectivity index (χ0) is 18.4. The zero-order valence-electron chi connectivity index (χ0n) is 15.3. The summed E-state index contributed by atoms with van der Waals surface area (Å²) < 4.78 is 11.1. The zero-order valence-corrected chi connectivity index (χ0v) is 15.3. The Morgan fingerprint density at radius 1 is 1.23 bits per heavy atom. The first kappa shape index (κ1) is 18.5. The van der Waals surface area contributed by atoms with E-state index in [0.29, 0.717) is 43.7 Å². The molecule has 2 fully saturated rings. The van der Waals surface area contributed by atoms with Crippen LogP contribution in [0.25, 0.3) is 0 Å².